The molecule has 0 radical (unpaired) electrons. The maximum absolute atomic E-state index is 13.7. The van der Waals surface area contributed by atoms with Crippen molar-refractivity contribution in [2.24, 2.45) is 0 Å². The zero-order chi connectivity index (χ0) is 46.3. The zero-order valence-corrected chi connectivity index (χ0v) is 36.8. The Morgan fingerprint density at radius 3 is 1.30 bits per heavy atom. The number of hydrogen-bond donors (Lipinski definition) is 4. The van der Waals surface area contributed by atoms with Crippen LogP contribution in [0.25, 0.3) is 0 Å². The first kappa shape index (κ1) is 52.3. The van der Waals surface area contributed by atoms with Crippen LogP contribution in [0.3, 0.4) is 0 Å². The first-order valence-corrected chi connectivity index (χ1v) is 21.1. The Morgan fingerprint density at radius 1 is 0.469 bits per heavy atom. The van der Waals surface area contributed by atoms with Crippen molar-refractivity contribution in [3.05, 3.63) is 108 Å². The second kappa shape index (κ2) is 30.9. The van der Waals surface area contributed by atoms with E-state index in [2.05, 4.69) is 21.3 Å². The van der Waals surface area contributed by atoms with Gasteiger partial charge in [-0.25, -0.2) is 9.59 Å². The molecule has 2 atom stereocenters. The fraction of sp³-hybridized carbons (Fsp3) is 0.478. The van der Waals surface area contributed by atoms with E-state index in [1.54, 1.807) is 81.4 Å². The van der Waals surface area contributed by atoms with Crippen LogP contribution in [0, 0.1) is 0 Å². The molecule has 4 amide bonds. The average Bonchev–Trinajstić information content (AvgIpc) is 3.28. The molecule has 350 valence electrons. The standard InChI is InChI=1S/C46H62N4O14/c1-46(2,3)64-39(52)20-13-22-47-42(53)40(49-44(55)62-33-36-16-9-5-10-17-36)41(50-45(56)63-34-37-18-11-6-12-19-37)43(54)48-23-25-58-27-29-60-31-30-59-28-26-57-24-21-38(51)61-32-35-14-7-4-8-15-35/h4-12,14-19,40-41H,13,20-34H2,1-3H3,(H,47,53)(H,48,54)(H,49,55)(H,50,56)/t40-,41-/m1/s1. The van der Waals surface area contributed by atoms with Crippen LogP contribution in [0.1, 0.15) is 56.7 Å². The maximum atomic E-state index is 13.7. The molecule has 0 heterocycles. The lowest BCUT2D eigenvalue weighted by atomic mass is 10.1. The average molecular weight is 895 g/mol. The van der Waals surface area contributed by atoms with Crippen molar-refractivity contribution >= 4 is 35.9 Å². The summed E-state index contributed by atoms with van der Waals surface area (Å²) in [6.45, 7) is 7.03. The molecule has 18 heteroatoms. The number of carbonyl (C=O) groups is 6. The third kappa shape index (κ3) is 24.5. The molecule has 0 unspecified atom stereocenters. The molecule has 0 aliphatic rings. The largest absolute Gasteiger partial charge is 0.461 e. The monoisotopic (exact) mass is 894 g/mol. The fourth-order valence-electron chi connectivity index (χ4n) is 5.41. The number of rotatable bonds is 30. The Kier molecular flexibility index (Phi) is 25.2. The van der Waals surface area contributed by atoms with Crippen molar-refractivity contribution in [2.75, 3.05) is 65.9 Å². The number of carbonyl (C=O) groups excluding carboxylic acids is 6. The van der Waals surface area contributed by atoms with Crippen LogP contribution >= 0.6 is 0 Å². The van der Waals surface area contributed by atoms with Crippen molar-refractivity contribution in [1.29, 1.82) is 0 Å². The molecule has 3 rings (SSSR count). The van der Waals surface area contributed by atoms with Gasteiger partial charge in [0.2, 0.25) is 11.8 Å². The summed E-state index contributed by atoms with van der Waals surface area (Å²) in [4.78, 5) is 77.6. The number of ether oxygens (including phenoxy) is 8. The Hall–Kier alpha value is -6.08. The second-order valence-corrected chi connectivity index (χ2v) is 15.0. The SMILES string of the molecule is CC(C)(C)OC(=O)CCCNC(=O)[C@H](NC(=O)OCc1ccccc1)[C@@H](NC(=O)OCc1ccccc1)C(=O)NCCOCCOCCOCCOCCC(=O)OCc1ccccc1. The predicted molar refractivity (Wildman–Crippen MR) is 232 cm³/mol. The summed E-state index contributed by atoms with van der Waals surface area (Å²) in [6, 6.07) is 23.7. The van der Waals surface area contributed by atoms with Crippen molar-refractivity contribution in [2.45, 2.75) is 77.5 Å². The Labute approximate surface area is 374 Å². The predicted octanol–water partition coefficient (Wildman–Crippen LogP) is 4.13. The lowest BCUT2D eigenvalue weighted by Gasteiger charge is -2.27. The molecule has 0 aromatic heterocycles. The van der Waals surface area contributed by atoms with Gasteiger partial charge >= 0.3 is 24.1 Å². The third-order valence-electron chi connectivity index (χ3n) is 8.50. The molecule has 0 saturated carbocycles. The zero-order valence-electron chi connectivity index (χ0n) is 36.8. The molecule has 3 aromatic rings. The molecular formula is C46H62N4O14. The Morgan fingerprint density at radius 2 is 0.859 bits per heavy atom. The van der Waals surface area contributed by atoms with E-state index < -0.39 is 47.7 Å². The van der Waals surface area contributed by atoms with Crippen LogP contribution in [0.2, 0.25) is 0 Å². The molecule has 0 fully saturated rings. The van der Waals surface area contributed by atoms with Crippen LogP contribution < -0.4 is 21.3 Å². The molecule has 3 aromatic carbocycles. The molecular weight excluding hydrogens is 833 g/mol. The molecule has 0 bridgehead atoms. The van der Waals surface area contributed by atoms with Crippen molar-refractivity contribution in [1.82, 2.24) is 21.3 Å². The molecule has 0 aliphatic carbocycles. The minimum absolute atomic E-state index is 0.00464. The van der Waals surface area contributed by atoms with Gasteiger partial charge in [-0.05, 0) is 43.9 Å². The summed E-state index contributed by atoms with van der Waals surface area (Å²) in [6.07, 6.45) is -1.74. The molecule has 0 saturated heterocycles. The highest BCUT2D eigenvalue weighted by molar-refractivity contribution is 5.96. The van der Waals surface area contributed by atoms with Crippen molar-refractivity contribution in [3.8, 4) is 0 Å². The van der Waals surface area contributed by atoms with Gasteiger partial charge in [0.15, 0.2) is 0 Å². The van der Waals surface area contributed by atoms with E-state index in [-0.39, 0.29) is 84.6 Å². The molecule has 4 N–H and O–H groups in total. The Balaban J connectivity index is 1.45. The maximum Gasteiger partial charge on any atom is 0.408 e. The van der Waals surface area contributed by atoms with Gasteiger partial charge in [0, 0.05) is 19.5 Å². The summed E-state index contributed by atoms with van der Waals surface area (Å²) in [5.41, 5.74) is 1.57. The number of benzene rings is 3. The number of alkyl carbamates (subject to hydrolysis) is 2. The molecule has 0 spiro atoms. The minimum Gasteiger partial charge on any atom is -0.461 e. The van der Waals surface area contributed by atoms with E-state index in [0.717, 1.165) is 5.56 Å². The summed E-state index contributed by atoms with van der Waals surface area (Å²) < 4.78 is 43.2. The highest BCUT2D eigenvalue weighted by atomic mass is 16.6. The van der Waals surface area contributed by atoms with Crippen LogP contribution in [0.5, 0.6) is 0 Å². The molecule has 18 nitrogen and oxygen atoms in total. The normalized spacial score (nSPS) is 11.9. The topological polar surface area (TPSA) is 224 Å². The van der Waals surface area contributed by atoms with Crippen LogP contribution in [-0.4, -0.2) is 120 Å². The van der Waals surface area contributed by atoms with Gasteiger partial charge in [-0.15, -0.1) is 0 Å². The number of esters is 2. The van der Waals surface area contributed by atoms with Gasteiger partial charge in [0.25, 0.3) is 0 Å². The number of nitrogens with one attached hydrogen (secondary N) is 4. The van der Waals surface area contributed by atoms with Gasteiger partial charge in [-0.1, -0.05) is 91.0 Å². The highest BCUT2D eigenvalue weighted by Gasteiger charge is 2.37. The quantitative estimate of drug-likeness (QED) is 0.0420. The van der Waals surface area contributed by atoms with E-state index in [1.165, 1.54) is 0 Å². The second-order valence-electron chi connectivity index (χ2n) is 15.0. The van der Waals surface area contributed by atoms with Gasteiger partial charge in [-0.3, -0.25) is 19.2 Å². The van der Waals surface area contributed by atoms with Crippen molar-refractivity contribution in [3.63, 3.8) is 0 Å². The van der Waals surface area contributed by atoms with E-state index in [0.29, 0.717) is 37.6 Å². The van der Waals surface area contributed by atoms with Crippen LogP contribution in [0.4, 0.5) is 9.59 Å². The van der Waals surface area contributed by atoms with E-state index in [4.69, 9.17) is 37.9 Å². The molecule has 64 heavy (non-hydrogen) atoms. The third-order valence-corrected chi connectivity index (χ3v) is 8.50. The highest BCUT2D eigenvalue weighted by Crippen LogP contribution is 2.10. The first-order chi connectivity index (χ1) is 30.9. The summed E-state index contributed by atoms with van der Waals surface area (Å²) in [7, 11) is 0. The lowest BCUT2D eigenvalue weighted by molar-refractivity contribution is -0.155. The number of amides is 4. The van der Waals surface area contributed by atoms with Gasteiger partial charge in [0.1, 0.15) is 37.5 Å². The van der Waals surface area contributed by atoms with Crippen LogP contribution in [0.15, 0.2) is 91.0 Å². The Bertz CT molecular complexity index is 1810. The summed E-state index contributed by atoms with van der Waals surface area (Å²) in [5, 5.41) is 10.1. The van der Waals surface area contributed by atoms with Crippen molar-refractivity contribution < 1.29 is 66.7 Å². The smallest absolute Gasteiger partial charge is 0.408 e. The van der Waals surface area contributed by atoms with Crippen LogP contribution in [-0.2, 0) is 76.9 Å². The fourth-order valence-corrected chi connectivity index (χ4v) is 5.41. The summed E-state index contributed by atoms with van der Waals surface area (Å²) in [5.74, 6) is -2.48. The molecule has 0 aliphatic heterocycles. The van der Waals surface area contributed by atoms with Gasteiger partial charge in [-0.2, -0.15) is 0 Å². The van der Waals surface area contributed by atoms with Gasteiger partial charge in [0.05, 0.1) is 59.3 Å². The van der Waals surface area contributed by atoms with Gasteiger partial charge < -0.3 is 59.2 Å². The first-order valence-electron chi connectivity index (χ1n) is 21.1. The van der Waals surface area contributed by atoms with E-state index >= 15 is 0 Å². The lowest BCUT2D eigenvalue weighted by Crippen LogP contribution is -2.64. The van der Waals surface area contributed by atoms with E-state index in [9.17, 15) is 28.8 Å². The van der Waals surface area contributed by atoms with E-state index in [1.807, 2.05) is 30.3 Å². The summed E-state index contributed by atoms with van der Waals surface area (Å²) >= 11 is 0. The minimum atomic E-state index is -1.69. The number of hydrogen-bond acceptors (Lipinski definition) is 14.